The third-order valence-electron chi connectivity index (χ3n) is 9.90. The number of hydrogen-bond acceptors (Lipinski definition) is 24. The number of aromatic nitrogens is 3. The number of ketones is 1. The van der Waals surface area contributed by atoms with Gasteiger partial charge in [0.25, 0.3) is 28.1 Å². The predicted molar refractivity (Wildman–Crippen MR) is 297 cm³/mol. The van der Waals surface area contributed by atoms with Crippen molar-refractivity contribution in [2.24, 2.45) is 20.5 Å². The van der Waals surface area contributed by atoms with Crippen molar-refractivity contribution in [3.05, 3.63) is 155 Å². The van der Waals surface area contributed by atoms with Gasteiger partial charge in [0.1, 0.15) is 47.1 Å². The molecule has 5 N–H and O–H groups in total. The van der Waals surface area contributed by atoms with Crippen molar-refractivity contribution >= 4 is 81.2 Å². The fourth-order valence-corrected chi connectivity index (χ4v) is 6.45. The molecule has 0 spiro atoms. The van der Waals surface area contributed by atoms with Crippen molar-refractivity contribution < 1.29 is 59.2 Å². The van der Waals surface area contributed by atoms with Gasteiger partial charge in [0.15, 0.2) is 22.7 Å². The lowest BCUT2D eigenvalue weighted by Gasteiger charge is -2.11. The van der Waals surface area contributed by atoms with Crippen molar-refractivity contribution in [3.63, 3.8) is 0 Å². The fourth-order valence-electron chi connectivity index (χ4n) is 6.12. The maximum atomic E-state index is 12.4. The fraction of sp³-hybridized carbons (Fsp3) is 0.294. The molecule has 0 aliphatic heterocycles. The number of rotatable bonds is 16. The highest BCUT2D eigenvalue weighted by molar-refractivity contribution is 6.31. The van der Waals surface area contributed by atoms with Gasteiger partial charge < -0.3 is 39.9 Å². The second kappa shape index (κ2) is 35.9. The number of pyridine rings is 3. The number of aliphatic hydroxyl groups excluding tert-OH is 2. The number of hydrogen-bond donors (Lipinski definition) is 5. The van der Waals surface area contributed by atoms with E-state index in [0.717, 1.165) is 32.0 Å². The molecular formula is C51H53Cl2N13O17. The number of nitro groups is 2. The first kappa shape index (κ1) is 72.5. The zero-order chi connectivity index (χ0) is 62.6. The molecular weight excluding hydrogens is 1140 g/mol. The Morgan fingerprint density at radius 3 is 1.54 bits per heavy atom. The number of nitrogens with zero attached hydrogens (tertiary/aromatic N) is 13. The molecule has 0 fully saturated rings. The molecule has 5 aromatic rings. The van der Waals surface area contributed by atoms with Crippen LogP contribution in [0.1, 0.15) is 68.0 Å². The molecule has 438 valence electrons. The average Bonchev–Trinajstić information content (AvgIpc) is 3.44. The van der Waals surface area contributed by atoms with Crippen LogP contribution in [-0.4, -0.2) is 99.8 Å². The van der Waals surface area contributed by atoms with Crippen molar-refractivity contribution in [1.82, 2.24) is 13.7 Å². The molecule has 0 radical (unpaired) electrons. The maximum absolute atomic E-state index is 12.4. The maximum Gasteiger partial charge on any atom is 0.387 e. The van der Waals surface area contributed by atoms with E-state index < -0.39 is 68.2 Å². The molecule has 0 saturated heterocycles. The number of ether oxygens (including phenoxy) is 2. The van der Waals surface area contributed by atoms with Gasteiger partial charge in [-0.15, -0.1) is 20.5 Å². The van der Waals surface area contributed by atoms with Crippen LogP contribution in [-0.2, 0) is 36.9 Å². The summed E-state index contributed by atoms with van der Waals surface area (Å²) in [6.07, 6.45) is 0.912. The van der Waals surface area contributed by atoms with Crippen LogP contribution >= 0.6 is 23.2 Å². The first-order valence-corrected chi connectivity index (χ1v) is 23.7. The predicted octanol–water partition coefficient (Wildman–Crippen LogP) is 7.87. The summed E-state index contributed by atoms with van der Waals surface area (Å²) in [6.45, 7) is 18.3. The molecule has 0 saturated carbocycles. The summed E-state index contributed by atoms with van der Waals surface area (Å²) in [5, 5.41) is 111. The molecule has 30 nitrogen and oxygen atoms in total. The van der Waals surface area contributed by atoms with Crippen molar-refractivity contribution in [2.45, 2.75) is 68.5 Å². The molecule has 0 bridgehead atoms. The first-order chi connectivity index (χ1) is 38.7. The molecule has 2 aromatic carbocycles. The van der Waals surface area contributed by atoms with Gasteiger partial charge in [-0.25, -0.2) is 11.4 Å². The second-order valence-electron chi connectivity index (χ2n) is 15.4. The Morgan fingerprint density at radius 2 is 1.14 bits per heavy atom. The molecule has 0 atom stereocenters. The molecule has 32 heteroatoms. The Balaban J connectivity index is 0.00000109. The molecule has 0 unspecified atom stereocenters. The number of carbonyl (C=O) groups excluding carboxylic acids is 3. The van der Waals surface area contributed by atoms with E-state index in [0.29, 0.717) is 18.8 Å². The molecule has 3 aromatic heterocycles. The Hall–Kier alpha value is -10.5. The van der Waals surface area contributed by atoms with E-state index in [2.05, 4.69) is 41.4 Å². The van der Waals surface area contributed by atoms with Crippen LogP contribution in [0.15, 0.2) is 83.9 Å². The summed E-state index contributed by atoms with van der Waals surface area (Å²) in [5.74, 6) is -2.59. The minimum absolute atomic E-state index is 0. The van der Waals surface area contributed by atoms with Crippen LogP contribution in [0.3, 0.4) is 0 Å². The van der Waals surface area contributed by atoms with Crippen LogP contribution < -0.4 is 16.7 Å². The van der Waals surface area contributed by atoms with E-state index in [-0.39, 0.29) is 112 Å². The standard InChI is InChI=1S/C15H12ClN5O5.C15H10ClN5O4.C9H10N2O3.C6H10O3.C5H7NO2.CH4/c1-8-10(7-17)14(23)20(4-5-22)15(24)13(8)19-18-11-3-2-9(16)6-12(11)21(25)26;1-3-20-14(22)10(7-17)8(2)13(15(20)23)19-18-11-5-4-9(16)6-12(11)21(24)25;1-6-4-8(13)11(2-3-12)9(14)7(6)5-10;1-3-9-6(8)4-5(2)7;1-3-8-5(7)4-6-2;/h2-3,6,22-23H,4-5H2,1H3;3-6,22H,1H2,2H3;4,12,14H,2-3H2,1H3;3-4H2,1-2H3;3-4H2,1H3;1H4. The molecule has 3 heterocycles. The van der Waals surface area contributed by atoms with Crippen LogP contribution in [0.2, 0.25) is 10.0 Å². The third kappa shape index (κ3) is 20.9. The SMILES string of the molecule is C.C=Cn1c(O)c(C#N)c(C)c(N=Nc2ccc(Cl)cc2[N+](=O)[O-])c1=O.CCOC(=O)CC(C)=O.Cc1c(C#N)c(O)n(CCO)c(=O)c1N=Nc1ccc(Cl)cc1[N+](=O)[O-].Cc1cc(=O)n(CCO)c(O)c1C#N.[C-]#[N+]CC(=O)OCC. The monoisotopic (exact) mass is 1190 g/mol. The lowest BCUT2D eigenvalue weighted by Crippen LogP contribution is -2.23. The van der Waals surface area contributed by atoms with Gasteiger partial charge in [-0.05, 0) is 71.4 Å². The summed E-state index contributed by atoms with van der Waals surface area (Å²) < 4.78 is 11.4. The summed E-state index contributed by atoms with van der Waals surface area (Å²) >= 11 is 11.4. The average molecular weight is 1190 g/mol. The van der Waals surface area contributed by atoms with E-state index in [1.165, 1.54) is 51.1 Å². The number of esters is 2. The number of aliphatic hydroxyl groups is 2. The lowest BCUT2D eigenvalue weighted by molar-refractivity contribution is -0.384. The van der Waals surface area contributed by atoms with Crippen molar-refractivity contribution in [1.29, 1.82) is 15.8 Å². The zero-order valence-electron chi connectivity index (χ0n) is 44.2. The van der Waals surface area contributed by atoms with Gasteiger partial charge >= 0.3 is 18.5 Å². The Kier molecular flexibility index (Phi) is 31.4. The molecule has 5 rings (SSSR count). The number of Topliss-reactive ketones (excluding diaryl/α,β-unsaturated/α-hetero) is 1. The summed E-state index contributed by atoms with van der Waals surface area (Å²) in [4.78, 5) is 90.5. The number of azo groups is 2. The zero-order valence-corrected chi connectivity index (χ0v) is 45.7. The number of carbonyl (C=O) groups is 3. The largest absolute Gasteiger partial charge is 0.493 e. The van der Waals surface area contributed by atoms with E-state index in [9.17, 15) is 69.6 Å². The number of nitriles is 3. The van der Waals surface area contributed by atoms with Crippen LogP contribution in [0.4, 0.5) is 34.1 Å². The normalized spacial score (nSPS) is 9.90. The van der Waals surface area contributed by atoms with Gasteiger partial charge in [-0.2, -0.15) is 15.8 Å². The first-order valence-electron chi connectivity index (χ1n) is 23.0. The van der Waals surface area contributed by atoms with Crippen molar-refractivity contribution in [2.75, 3.05) is 33.0 Å². The minimum atomic E-state index is -0.798. The summed E-state index contributed by atoms with van der Waals surface area (Å²) in [7, 11) is 0. The Morgan fingerprint density at radius 1 is 0.723 bits per heavy atom. The highest BCUT2D eigenvalue weighted by Crippen LogP contribution is 2.34. The lowest BCUT2D eigenvalue weighted by atomic mass is 10.1. The number of benzene rings is 2. The summed E-state index contributed by atoms with van der Waals surface area (Å²) in [5.41, 5.74) is -3.33. The molecule has 0 amide bonds. The highest BCUT2D eigenvalue weighted by atomic mass is 35.5. The number of nitro benzene ring substituents is 2. The number of halogens is 2. The number of aromatic hydroxyl groups is 3. The Labute approximate surface area is 481 Å². The molecule has 0 aliphatic carbocycles. The van der Waals surface area contributed by atoms with Crippen LogP contribution in [0.25, 0.3) is 11.0 Å². The second-order valence-corrected chi connectivity index (χ2v) is 16.3. The van der Waals surface area contributed by atoms with Crippen LogP contribution in [0, 0.1) is 81.6 Å². The van der Waals surface area contributed by atoms with Crippen LogP contribution in [0.5, 0.6) is 17.6 Å². The molecule has 0 aliphatic rings. The van der Waals surface area contributed by atoms with Crippen molar-refractivity contribution in [3.8, 4) is 35.8 Å². The smallest absolute Gasteiger partial charge is 0.387 e. The minimum Gasteiger partial charge on any atom is -0.493 e. The van der Waals surface area contributed by atoms with E-state index >= 15 is 0 Å². The quantitative estimate of drug-likeness (QED) is 0.0156. The van der Waals surface area contributed by atoms with Gasteiger partial charge in [0.05, 0.1) is 49.4 Å². The topological polar surface area (TPSA) is 448 Å². The summed E-state index contributed by atoms with van der Waals surface area (Å²) in [6, 6.07) is 14.0. The van der Waals surface area contributed by atoms with Gasteiger partial charge in [0, 0.05) is 45.6 Å². The van der Waals surface area contributed by atoms with Gasteiger partial charge in [-0.1, -0.05) is 37.2 Å². The third-order valence-corrected chi connectivity index (χ3v) is 10.4. The van der Waals surface area contributed by atoms with E-state index in [4.69, 9.17) is 50.5 Å². The van der Waals surface area contributed by atoms with E-state index in [1.54, 1.807) is 39.0 Å². The van der Waals surface area contributed by atoms with Gasteiger partial charge in [-0.3, -0.25) is 57.9 Å². The number of aryl methyl sites for hydroxylation is 1. The van der Waals surface area contributed by atoms with Gasteiger partial charge in [0.2, 0.25) is 17.6 Å². The van der Waals surface area contributed by atoms with E-state index in [1.807, 2.05) is 0 Å². The molecule has 83 heavy (non-hydrogen) atoms. The highest BCUT2D eigenvalue weighted by Gasteiger charge is 2.22. The Bertz CT molecular complexity index is 3660.